The molecule has 0 saturated heterocycles. The maximum atomic E-state index is 12.7. The van der Waals surface area contributed by atoms with Crippen molar-refractivity contribution in [1.29, 1.82) is 0 Å². The van der Waals surface area contributed by atoms with Crippen LogP contribution in [0.2, 0.25) is 0 Å². The molecule has 0 unspecified atom stereocenters. The number of amides is 1. The van der Waals surface area contributed by atoms with E-state index in [-0.39, 0.29) is 24.6 Å². The van der Waals surface area contributed by atoms with E-state index in [9.17, 15) is 18.0 Å². The predicted molar refractivity (Wildman–Crippen MR) is 78.8 cm³/mol. The Morgan fingerprint density at radius 1 is 1.42 bits per heavy atom. The monoisotopic (exact) mass is 343 g/mol. The molecule has 0 spiro atoms. The van der Waals surface area contributed by atoms with Gasteiger partial charge in [-0.3, -0.25) is 4.79 Å². The lowest BCUT2D eigenvalue weighted by molar-refractivity contribution is -0.137. The number of hydrogen-bond acceptors (Lipinski definition) is 4. The van der Waals surface area contributed by atoms with Crippen LogP contribution in [0.5, 0.6) is 0 Å². The number of nitrogens with one attached hydrogen (secondary N) is 1. The highest BCUT2D eigenvalue weighted by Gasteiger charge is 2.30. The molecule has 0 aliphatic rings. The van der Waals surface area contributed by atoms with E-state index in [1.54, 1.807) is 0 Å². The summed E-state index contributed by atoms with van der Waals surface area (Å²) in [6, 6.07) is 5.39. The van der Waals surface area contributed by atoms with Gasteiger partial charge in [0.1, 0.15) is 0 Å². The number of rotatable bonds is 6. The van der Waals surface area contributed by atoms with Crippen molar-refractivity contribution in [3.63, 3.8) is 0 Å². The van der Waals surface area contributed by atoms with Crippen molar-refractivity contribution in [2.45, 2.75) is 12.2 Å². The zero-order chi connectivity index (χ0) is 17.7. The van der Waals surface area contributed by atoms with Gasteiger partial charge in [0.2, 0.25) is 0 Å². The summed E-state index contributed by atoms with van der Waals surface area (Å²) in [6.07, 6.45) is -3.08. The molecule has 1 amide bonds. The van der Waals surface area contributed by atoms with Gasteiger partial charge in [-0.05, 0) is 24.3 Å². The Labute approximate surface area is 135 Å². The highest BCUT2D eigenvalue weighted by Crippen LogP contribution is 2.30. The molecular formula is C15H16F3N3O3. The summed E-state index contributed by atoms with van der Waals surface area (Å²) >= 11 is 0. The first-order chi connectivity index (χ1) is 11.3. The first kappa shape index (κ1) is 18.0. The highest BCUT2D eigenvalue weighted by atomic mass is 19.4. The summed E-state index contributed by atoms with van der Waals surface area (Å²) in [6.45, 7) is -0.190. The molecule has 1 aromatic heterocycles. The first-order valence-corrected chi connectivity index (χ1v) is 6.99. The molecule has 24 heavy (non-hydrogen) atoms. The third kappa shape index (κ3) is 4.33. The van der Waals surface area contributed by atoms with Crippen LogP contribution in [-0.4, -0.2) is 47.2 Å². The molecule has 0 fully saturated rings. The summed E-state index contributed by atoms with van der Waals surface area (Å²) < 4.78 is 44.2. The number of hydrogen-bond donors (Lipinski definition) is 2. The minimum Gasteiger partial charge on any atom is -0.394 e. The lowest BCUT2D eigenvalue weighted by Crippen LogP contribution is -2.40. The average molecular weight is 343 g/mol. The quantitative estimate of drug-likeness (QED) is 0.836. The van der Waals surface area contributed by atoms with E-state index in [0.717, 1.165) is 12.1 Å². The van der Waals surface area contributed by atoms with Gasteiger partial charge in [-0.15, -0.1) is 0 Å². The standard InChI is InChI=1S/C15H16F3N3O3/c1-24-9-11(8-22)19-14(23)13-5-6-21(20-13)12-4-2-3-10(7-12)15(16,17)18/h2-7,11,22H,8-9H2,1H3,(H,19,23)/t11-/m1/s1. The van der Waals surface area contributed by atoms with Crippen molar-refractivity contribution in [3.05, 3.63) is 47.8 Å². The second-order valence-electron chi connectivity index (χ2n) is 5.00. The van der Waals surface area contributed by atoms with Gasteiger partial charge in [-0.25, -0.2) is 4.68 Å². The van der Waals surface area contributed by atoms with E-state index in [1.807, 2.05) is 0 Å². The first-order valence-electron chi connectivity index (χ1n) is 6.99. The van der Waals surface area contributed by atoms with Crippen molar-refractivity contribution in [2.24, 2.45) is 0 Å². The molecule has 6 nitrogen and oxygen atoms in total. The summed E-state index contributed by atoms with van der Waals surface area (Å²) in [4.78, 5) is 12.0. The number of aromatic nitrogens is 2. The topological polar surface area (TPSA) is 76.4 Å². The van der Waals surface area contributed by atoms with E-state index in [1.165, 1.54) is 36.2 Å². The van der Waals surface area contributed by atoms with Crippen LogP contribution in [0.3, 0.4) is 0 Å². The van der Waals surface area contributed by atoms with Gasteiger partial charge >= 0.3 is 6.18 Å². The molecule has 2 rings (SSSR count). The zero-order valence-corrected chi connectivity index (χ0v) is 12.7. The zero-order valence-electron chi connectivity index (χ0n) is 12.7. The van der Waals surface area contributed by atoms with E-state index in [0.29, 0.717) is 0 Å². The van der Waals surface area contributed by atoms with Gasteiger partial charge in [-0.2, -0.15) is 18.3 Å². The lowest BCUT2D eigenvalue weighted by Gasteiger charge is -2.14. The number of methoxy groups -OCH3 is 1. The Bertz CT molecular complexity index is 701. The molecule has 1 atom stereocenters. The molecule has 1 aromatic carbocycles. The largest absolute Gasteiger partial charge is 0.416 e. The second kappa shape index (κ2) is 7.45. The van der Waals surface area contributed by atoms with Crippen molar-refractivity contribution < 1.29 is 27.8 Å². The Morgan fingerprint density at radius 3 is 2.79 bits per heavy atom. The van der Waals surface area contributed by atoms with E-state index < -0.39 is 23.7 Å². The molecule has 130 valence electrons. The molecule has 0 saturated carbocycles. The molecule has 0 bridgehead atoms. The molecule has 9 heteroatoms. The van der Waals surface area contributed by atoms with Crippen LogP contribution >= 0.6 is 0 Å². The molecule has 2 N–H and O–H groups in total. The van der Waals surface area contributed by atoms with Gasteiger partial charge in [-0.1, -0.05) is 6.07 Å². The van der Waals surface area contributed by atoms with Crippen LogP contribution in [-0.2, 0) is 10.9 Å². The van der Waals surface area contributed by atoms with Gasteiger partial charge in [0.15, 0.2) is 5.69 Å². The van der Waals surface area contributed by atoms with Crippen molar-refractivity contribution in [3.8, 4) is 5.69 Å². The number of benzene rings is 1. The second-order valence-corrected chi connectivity index (χ2v) is 5.00. The third-order valence-electron chi connectivity index (χ3n) is 3.18. The SMILES string of the molecule is COC[C@@H](CO)NC(=O)c1ccn(-c2cccc(C(F)(F)F)c2)n1. The van der Waals surface area contributed by atoms with E-state index in [4.69, 9.17) is 9.84 Å². The number of aliphatic hydroxyl groups excluding tert-OH is 1. The number of halogens is 3. The fourth-order valence-corrected chi connectivity index (χ4v) is 2.01. The molecule has 0 radical (unpaired) electrons. The maximum absolute atomic E-state index is 12.7. The van der Waals surface area contributed by atoms with Crippen LogP contribution in [0, 0.1) is 0 Å². The minimum atomic E-state index is -4.46. The summed E-state index contributed by atoms with van der Waals surface area (Å²) in [5, 5.41) is 15.6. The normalized spacial score (nSPS) is 12.9. The minimum absolute atomic E-state index is 0.0157. The Morgan fingerprint density at radius 2 is 2.17 bits per heavy atom. The fourth-order valence-electron chi connectivity index (χ4n) is 2.01. The van der Waals surface area contributed by atoms with Crippen LogP contribution in [0.4, 0.5) is 13.2 Å². The van der Waals surface area contributed by atoms with Crippen LogP contribution < -0.4 is 5.32 Å². The van der Waals surface area contributed by atoms with Crippen molar-refractivity contribution >= 4 is 5.91 Å². The van der Waals surface area contributed by atoms with Crippen LogP contribution in [0.1, 0.15) is 16.1 Å². The summed E-state index contributed by atoms with van der Waals surface area (Å²) in [5.74, 6) is -0.558. The van der Waals surface area contributed by atoms with E-state index >= 15 is 0 Å². The number of carbonyl (C=O) groups excluding carboxylic acids is 1. The molecule has 2 aromatic rings. The summed E-state index contributed by atoms with van der Waals surface area (Å²) in [5.41, 5.74) is -0.608. The number of nitrogens with zero attached hydrogens (tertiary/aromatic N) is 2. The molecular weight excluding hydrogens is 327 g/mol. The van der Waals surface area contributed by atoms with E-state index in [2.05, 4.69) is 10.4 Å². The van der Waals surface area contributed by atoms with Crippen molar-refractivity contribution in [2.75, 3.05) is 20.3 Å². The predicted octanol–water partition coefficient (Wildman–Crippen LogP) is 1.63. The van der Waals surface area contributed by atoms with Crippen molar-refractivity contribution in [1.82, 2.24) is 15.1 Å². The summed E-state index contributed by atoms with van der Waals surface area (Å²) in [7, 11) is 1.43. The van der Waals surface area contributed by atoms with Gasteiger partial charge in [0.05, 0.1) is 30.5 Å². The number of ether oxygens (including phenoxy) is 1. The highest BCUT2D eigenvalue weighted by molar-refractivity contribution is 5.92. The van der Waals surface area contributed by atoms with Gasteiger partial charge in [0, 0.05) is 13.3 Å². The molecule has 0 aliphatic carbocycles. The Hall–Kier alpha value is -2.39. The number of alkyl halides is 3. The average Bonchev–Trinajstić information content (AvgIpc) is 3.04. The fraction of sp³-hybridized carbons (Fsp3) is 0.333. The lowest BCUT2D eigenvalue weighted by atomic mass is 10.2. The number of aliphatic hydroxyl groups is 1. The molecule has 0 aliphatic heterocycles. The Kier molecular flexibility index (Phi) is 5.58. The van der Waals surface area contributed by atoms with Gasteiger partial charge in [0.25, 0.3) is 5.91 Å². The number of carbonyl (C=O) groups is 1. The van der Waals surface area contributed by atoms with Gasteiger partial charge < -0.3 is 15.2 Å². The third-order valence-corrected chi connectivity index (χ3v) is 3.18. The van der Waals surface area contributed by atoms with Crippen LogP contribution in [0.25, 0.3) is 5.69 Å². The Balaban J connectivity index is 2.17. The maximum Gasteiger partial charge on any atom is 0.416 e. The van der Waals surface area contributed by atoms with Crippen LogP contribution in [0.15, 0.2) is 36.5 Å². The molecule has 1 heterocycles. The smallest absolute Gasteiger partial charge is 0.394 e.